The lowest BCUT2D eigenvalue weighted by Gasteiger charge is -2.66. The molecular formula is C31H40N4O. The summed E-state index contributed by atoms with van der Waals surface area (Å²) in [4.78, 5) is 15.5. The van der Waals surface area contributed by atoms with Crippen molar-refractivity contribution in [2.75, 3.05) is 31.6 Å². The van der Waals surface area contributed by atoms with E-state index in [0.29, 0.717) is 28.8 Å². The average Bonchev–Trinajstić information content (AvgIpc) is 3.38. The summed E-state index contributed by atoms with van der Waals surface area (Å²) in [6.07, 6.45) is 9.38. The molecule has 0 N–H and O–H groups in total. The molecule has 2 aliphatic heterocycles. The van der Waals surface area contributed by atoms with Crippen molar-refractivity contribution in [1.29, 1.82) is 0 Å². The van der Waals surface area contributed by atoms with Gasteiger partial charge in [-0.2, -0.15) is 0 Å². The minimum Gasteiger partial charge on any atom is -0.497 e. The maximum Gasteiger partial charge on any atom is 0.226 e. The molecule has 2 aromatic rings. The van der Waals surface area contributed by atoms with Crippen LogP contribution in [-0.4, -0.2) is 53.7 Å². The van der Waals surface area contributed by atoms with Gasteiger partial charge < -0.3 is 9.64 Å². The van der Waals surface area contributed by atoms with Crippen LogP contribution in [0.5, 0.6) is 5.75 Å². The highest BCUT2D eigenvalue weighted by Gasteiger charge is 2.76. The average molecular weight is 485 g/mol. The molecule has 3 heterocycles. The van der Waals surface area contributed by atoms with E-state index in [1.54, 1.807) is 11.1 Å². The highest BCUT2D eigenvalue weighted by molar-refractivity contribution is 5.53. The lowest BCUT2D eigenvalue weighted by molar-refractivity contribution is -0.0955. The van der Waals surface area contributed by atoms with Gasteiger partial charge >= 0.3 is 0 Å². The quantitative estimate of drug-likeness (QED) is 0.606. The molecule has 5 fully saturated rings. The number of hydrogen-bond donors (Lipinski definition) is 0. The van der Waals surface area contributed by atoms with Crippen LogP contribution in [-0.2, 0) is 11.8 Å². The number of anilines is 1. The van der Waals surface area contributed by atoms with Crippen molar-refractivity contribution in [1.82, 2.24) is 14.9 Å². The first-order valence-corrected chi connectivity index (χ1v) is 14.4. The molecule has 8 rings (SSSR count). The lowest BCUT2D eigenvalue weighted by Crippen LogP contribution is -2.70. The van der Waals surface area contributed by atoms with Gasteiger partial charge in [-0.3, -0.25) is 4.90 Å². The Morgan fingerprint density at radius 2 is 1.86 bits per heavy atom. The normalized spacial score (nSPS) is 39.1. The van der Waals surface area contributed by atoms with Crippen LogP contribution in [0.25, 0.3) is 0 Å². The van der Waals surface area contributed by atoms with E-state index in [0.717, 1.165) is 35.5 Å². The molecule has 4 aliphatic carbocycles. The molecular weight excluding hydrogens is 444 g/mol. The first kappa shape index (κ1) is 21.9. The van der Waals surface area contributed by atoms with Gasteiger partial charge in [0.15, 0.2) is 0 Å². The van der Waals surface area contributed by atoms with E-state index in [4.69, 9.17) is 14.7 Å². The van der Waals surface area contributed by atoms with E-state index in [1.807, 2.05) is 7.11 Å². The number of piperidine rings is 1. The van der Waals surface area contributed by atoms with E-state index in [1.165, 1.54) is 58.0 Å². The van der Waals surface area contributed by atoms with Crippen LogP contribution < -0.4 is 9.64 Å². The molecule has 1 aromatic heterocycles. The fourth-order valence-corrected chi connectivity index (χ4v) is 10.3. The van der Waals surface area contributed by atoms with Gasteiger partial charge in [0.2, 0.25) is 5.95 Å². The molecule has 4 bridgehead atoms. The van der Waals surface area contributed by atoms with Gasteiger partial charge in [0, 0.05) is 42.0 Å². The highest BCUT2D eigenvalue weighted by Crippen LogP contribution is 2.75. The minimum atomic E-state index is 0.266. The smallest absolute Gasteiger partial charge is 0.226 e. The third-order valence-corrected chi connectivity index (χ3v) is 11.7. The Labute approximate surface area is 215 Å². The molecule has 3 saturated carbocycles. The molecule has 5 unspecified atom stereocenters. The zero-order valence-corrected chi connectivity index (χ0v) is 22.4. The SMILES string of the molecule is COc1ccc2c(c1)C13CCN(CC4(C)CC4)C(C2)C12CCC1C3[C@@H](CN1c1nc(C)cc(C)n1)C2. The Kier molecular flexibility index (Phi) is 4.28. The van der Waals surface area contributed by atoms with Gasteiger partial charge in [-0.15, -0.1) is 0 Å². The first-order chi connectivity index (χ1) is 17.4. The van der Waals surface area contributed by atoms with Gasteiger partial charge in [-0.25, -0.2) is 9.97 Å². The summed E-state index contributed by atoms with van der Waals surface area (Å²) in [5, 5.41) is 0. The molecule has 36 heavy (non-hydrogen) atoms. The van der Waals surface area contributed by atoms with Crippen LogP contribution in [0, 0.1) is 36.5 Å². The van der Waals surface area contributed by atoms with Gasteiger partial charge in [0.05, 0.1) is 7.11 Å². The van der Waals surface area contributed by atoms with Crippen molar-refractivity contribution in [3.05, 3.63) is 46.8 Å². The Bertz CT molecular complexity index is 1230. The summed E-state index contributed by atoms with van der Waals surface area (Å²) < 4.78 is 5.82. The number of fused-ring (bicyclic) bond motifs is 1. The van der Waals surface area contributed by atoms with Crippen LogP contribution in [0.15, 0.2) is 24.3 Å². The standard InChI is InChI=1S/C31H40N4O/c1-19-13-20(2)33-28(32-19)35-17-22-16-30-8-7-25(35)27(22)31(30)11-12-34(18-29(3)9-10-29)26(30)14-21-5-6-23(36-4)15-24(21)31/h5-6,13,15,22,25-27H,7-12,14,16-18H2,1-4H3/t22-,25?,26?,27?,30?,31?/m1/s1. The molecule has 6 aliphatic rings. The molecule has 0 spiro atoms. The summed E-state index contributed by atoms with van der Waals surface area (Å²) in [7, 11) is 1.83. The lowest BCUT2D eigenvalue weighted by atomic mass is 9.43. The molecule has 1 aromatic carbocycles. The third-order valence-electron chi connectivity index (χ3n) is 11.7. The number of methoxy groups -OCH3 is 1. The Morgan fingerprint density at radius 1 is 1.06 bits per heavy atom. The second kappa shape index (κ2) is 7.03. The summed E-state index contributed by atoms with van der Waals surface area (Å²) >= 11 is 0. The van der Waals surface area contributed by atoms with Crippen LogP contribution >= 0.6 is 0 Å². The second-order valence-electron chi connectivity index (χ2n) is 13.6. The number of aromatic nitrogens is 2. The number of likely N-dealkylation sites (tertiary alicyclic amines) is 1. The first-order valence-electron chi connectivity index (χ1n) is 14.4. The molecule has 5 heteroatoms. The predicted octanol–water partition coefficient (Wildman–Crippen LogP) is 5.08. The van der Waals surface area contributed by atoms with E-state index in [9.17, 15) is 0 Å². The second-order valence-corrected chi connectivity index (χ2v) is 13.6. The largest absolute Gasteiger partial charge is 0.497 e. The topological polar surface area (TPSA) is 41.5 Å². The molecule has 0 radical (unpaired) electrons. The van der Waals surface area contributed by atoms with E-state index in [2.05, 4.69) is 54.8 Å². The van der Waals surface area contributed by atoms with Crippen LogP contribution in [0.2, 0.25) is 0 Å². The number of aryl methyl sites for hydroxylation is 2. The van der Waals surface area contributed by atoms with Gasteiger partial charge in [0.25, 0.3) is 0 Å². The fraction of sp³-hybridized carbons (Fsp3) is 0.677. The third kappa shape index (κ3) is 2.66. The van der Waals surface area contributed by atoms with Crippen molar-refractivity contribution < 1.29 is 4.74 Å². The molecule has 0 amide bonds. The fourth-order valence-electron chi connectivity index (χ4n) is 10.3. The Balaban J connectivity index is 1.27. The van der Waals surface area contributed by atoms with Crippen molar-refractivity contribution in [2.45, 2.75) is 83.2 Å². The Hall–Kier alpha value is -2.14. The van der Waals surface area contributed by atoms with Crippen molar-refractivity contribution in [3.63, 3.8) is 0 Å². The van der Waals surface area contributed by atoms with Gasteiger partial charge in [-0.1, -0.05) is 13.0 Å². The molecule has 2 saturated heterocycles. The van der Waals surface area contributed by atoms with Gasteiger partial charge in [-0.05, 0) is 117 Å². The zero-order chi connectivity index (χ0) is 24.4. The summed E-state index contributed by atoms with van der Waals surface area (Å²) in [5.74, 6) is 3.45. The zero-order valence-electron chi connectivity index (χ0n) is 22.4. The van der Waals surface area contributed by atoms with Crippen molar-refractivity contribution >= 4 is 5.95 Å². The summed E-state index contributed by atoms with van der Waals surface area (Å²) in [6, 6.07) is 10.4. The van der Waals surface area contributed by atoms with Crippen molar-refractivity contribution in [3.8, 4) is 5.75 Å². The summed E-state index contributed by atoms with van der Waals surface area (Å²) in [5.41, 5.74) is 6.68. The number of rotatable bonds is 4. The molecule has 190 valence electrons. The minimum absolute atomic E-state index is 0.266. The number of nitrogens with zero attached hydrogens (tertiary/aromatic N) is 4. The number of ether oxygens (including phenoxy) is 1. The van der Waals surface area contributed by atoms with Crippen LogP contribution in [0.4, 0.5) is 5.95 Å². The number of hydrogen-bond acceptors (Lipinski definition) is 5. The monoisotopic (exact) mass is 484 g/mol. The molecule has 6 atom stereocenters. The Morgan fingerprint density at radius 3 is 2.61 bits per heavy atom. The van der Waals surface area contributed by atoms with Crippen molar-refractivity contribution in [2.24, 2.45) is 22.7 Å². The van der Waals surface area contributed by atoms with Gasteiger partial charge in [0.1, 0.15) is 5.75 Å². The van der Waals surface area contributed by atoms with E-state index in [-0.39, 0.29) is 5.41 Å². The van der Waals surface area contributed by atoms with Crippen LogP contribution in [0.3, 0.4) is 0 Å². The number of benzene rings is 1. The highest BCUT2D eigenvalue weighted by atomic mass is 16.5. The van der Waals surface area contributed by atoms with Crippen LogP contribution in [0.1, 0.15) is 68.0 Å². The maximum absolute atomic E-state index is 5.82. The van der Waals surface area contributed by atoms with E-state index < -0.39 is 0 Å². The molecule has 5 nitrogen and oxygen atoms in total. The van der Waals surface area contributed by atoms with E-state index >= 15 is 0 Å². The predicted molar refractivity (Wildman–Crippen MR) is 142 cm³/mol. The summed E-state index contributed by atoms with van der Waals surface area (Å²) in [6.45, 7) is 10.5. The maximum atomic E-state index is 5.82.